The Hall–Kier alpha value is -1.78. The summed E-state index contributed by atoms with van der Waals surface area (Å²) in [4.78, 5) is 3.67. The zero-order valence-electron chi connectivity index (χ0n) is 9.14. The van der Waals surface area contributed by atoms with Crippen molar-refractivity contribution in [1.29, 1.82) is 0 Å². The molecule has 2 rings (SSSR count). The lowest BCUT2D eigenvalue weighted by atomic mass is 10.0. The SMILES string of the molecule is C=C1CC(F)(F)C(c2ccc(OC)c(F)c2)=N1. The van der Waals surface area contributed by atoms with Crippen LogP contribution in [0.15, 0.2) is 35.5 Å². The zero-order valence-corrected chi connectivity index (χ0v) is 9.14. The Bertz CT molecular complexity index is 508. The summed E-state index contributed by atoms with van der Waals surface area (Å²) in [5.74, 6) is -3.77. The van der Waals surface area contributed by atoms with Crippen LogP contribution in [0.5, 0.6) is 5.75 Å². The summed E-state index contributed by atoms with van der Waals surface area (Å²) in [5.41, 5.74) is -0.294. The van der Waals surface area contributed by atoms with Gasteiger partial charge in [-0.05, 0) is 18.2 Å². The number of alkyl halides is 2. The van der Waals surface area contributed by atoms with Crippen molar-refractivity contribution < 1.29 is 17.9 Å². The van der Waals surface area contributed by atoms with E-state index < -0.39 is 23.9 Å². The fourth-order valence-corrected chi connectivity index (χ4v) is 1.71. The van der Waals surface area contributed by atoms with E-state index in [9.17, 15) is 13.2 Å². The molecule has 0 N–H and O–H groups in total. The van der Waals surface area contributed by atoms with Crippen molar-refractivity contribution in [3.8, 4) is 5.75 Å². The second-order valence-corrected chi connectivity index (χ2v) is 3.76. The number of aliphatic imine (C=N–C) groups is 1. The first-order valence-electron chi connectivity index (χ1n) is 4.93. The molecule has 0 unspecified atom stereocenters. The molecule has 2 nitrogen and oxygen atoms in total. The summed E-state index contributed by atoms with van der Waals surface area (Å²) in [6.07, 6.45) is -0.518. The van der Waals surface area contributed by atoms with Crippen LogP contribution in [0.2, 0.25) is 0 Å². The topological polar surface area (TPSA) is 21.6 Å². The van der Waals surface area contributed by atoms with Crippen molar-refractivity contribution in [2.24, 2.45) is 4.99 Å². The smallest absolute Gasteiger partial charge is 0.295 e. The number of hydrogen-bond donors (Lipinski definition) is 0. The highest BCUT2D eigenvalue weighted by molar-refractivity contribution is 6.07. The molecule has 0 amide bonds. The Balaban J connectivity index is 2.45. The molecule has 90 valence electrons. The molecule has 5 heteroatoms. The average molecular weight is 241 g/mol. The van der Waals surface area contributed by atoms with Gasteiger partial charge in [-0.2, -0.15) is 8.78 Å². The van der Waals surface area contributed by atoms with Crippen LogP contribution in [-0.2, 0) is 0 Å². The third-order valence-electron chi connectivity index (χ3n) is 2.47. The minimum absolute atomic E-state index is 0.00879. The number of rotatable bonds is 2. The molecule has 0 saturated heterocycles. The van der Waals surface area contributed by atoms with Crippen LogP contribution >= 0.6 is 0 Å². The third kappa shape index (κ3) is 2.05. The van der Waals surface area contributed by atoms with Gasteiger partial charge in [0.2, 0.25) is 0 Å². The maximum atomic E-state index is 13.5. The summed E-state index contributed by atoms with van der Waals surface area (Å²) in [7, 11) is 1.31. The molecule has 0 bridgehead atoms. The number of methoxy groups -OCH3 is 1. The van der Waals surface area contributed by atoms with Crippen molar-refractivity contribution >= 4 is 5.71 Å². The molecule has 1 aliphatic heterocycles. The predicted octanol–water partition coefficient (Wildman–Crippen LogP) is 3.18. The van der Waals surface area contributed by atoms with Crippen LogP contribution in [0.4, 0.5) is 13.2 Å². The van der Waals surface area contributed by atoms with Gasteiger partial charge < -0.3 is 4.74 Å². The van der Waals surface area contributed by atoms with Crippen LogP contribution in [0.3, 0.4) is 0 Å². The predicted molar refractivity (Wildman–Crippen MR) is 58.2 cm³/mol. The van der Waals surface area contributed by atoms with Crippen LogP contribution < -0.4 is 4.74 Å². The van der Waals surface area contributed by atoms with Crippen molar-refractivity contribution in [3.05, 3.63) is 41.9 Å². The third-order valence-corrected chi connectivity index (χ3v) is 2.47. The summed E-state index contributed by atoms with van der Waals surface area (Å²) in [6.45, 7) is 3.40. The molecule has 0 fully saturated rings. The van der Waals surface area contributed by atoms with Gasteiger partial charge in [0.1, 0.15) is 5.71 Å². The number of halogens is 3. The lowest BCUT2D eigenvalue weighted by Crippen LogP contribution is -2.25. The number of hydrogen-bond acceptors (Lipinski definition) is 2. The van der Waals surface area contributed by atoms with Crippen molar-refractivity contribution in [2.75, 3.05) is 7.11 Å². The van der Waals surface area contributed by atoms with Gasteiger partial charge in [0, 0.05) is 11.3 Å². The quantitative estimate of drug-likeness (QED) is 0.779. The Morgan fingerprint density at radius 3 is 2.59 bits per heavy atom. The minimum atomic E-state index is -3.09. The van der Waals surface area contributed by atoms with E-state index in [1.165, 1.54) is 19.2 Å². The highest BCUT2D eigenvalue weighted by Gasteiger charge is 2.42. The number of ether oxygens (including phenoxy) is 1. The number of benzene rings is 1. The normalized spacial score (nSPS) is 18.1. The van der Waals surface area contributed by atoms with E-state index in [-0.39, 0.29) is 17.0 Å². The molecular weight excluding hydrogens is 231 g/mol. The molecule has 1 aromatic rings. The van der Waals surface area contributed by atoms with Gasteiger partial charge in [-0.3, -0.25) is 4.99 Å². The maximum absolute atomic E-state index is 13.5. The fraction of sp³-hybridized carbons (Fsp3) is 0.250. The van der Waals surface area contributed by atoms with Crippen LogP contribution in [0.1, 0.15) is 12.0 Å². The lowest BCUT2D eigenvalue weighted by molar-refractivity contribution is 0.0863. The van der Waals surface area contributed by atoms with Gasteiger partial charge in [-0.1, -0.05) is 6.58 Å². The first-order valence-corrected chi connectivity index (χ1v) is 4.93. The molecule has 1 aliphatic rings. The van der Waals surface area contributed by atoms with Crippen LogP contribution in [0.25, 0.3) is 0 Å². The first-order chi connectivity index (χ1) is 7.94. The summed E-state index contributed by atoms with van der Waals surface area (Å²) in [6, 6.07) is 3.64. The van der Waals surface area contributed by atoms with Crippen LogP contribution in [-0.4, -0.2) is 18.7 Å². The van der Waals surface area contributed by atoms with E-state index >= 15 is 0 Å². The molecular formula is C12H10F3NO. The molecule has 0 radical (unpaired) electrons. The molecule has 0 spiro atoms. The molecule has 0 aromatic heterocycles. The Morgan fingerprint density at radius 1 is 1.41 bits per heavy atom. The first kappa shape index (κ1) is 11.7. The van der Waals surface area contributed by atoms with E-state index in [2.05, 4.69) is 11.6 Å². The molecule has 17 heavy (non-hydrogen) atoms. The van der Waals surface area contributed by atoms with Gasteiger partial charge >= 0.3 is 0 Å². The highest BCUT2D eigenvalue weighted by atomic mass is 19.3. The Kier molecular flexibility index (Phi) is 2.69. The van der Waals surface area contributed by atoms with Crippen molar-refractivity contribution in [3.63, 3.8) is 0 Å². The summed E-state index contributed by atoms with van der Waals surface area (Å²) in [5, 5.41) is 0. The zero-order chi connectivity index (χ0) is 12.6. The largest absolute Gasteiger partial charge is 0.494 e. The van der Waals surface area contributed by atoms with Crippen molar-refractivity contribution in [2.45, 2.75) is 12.3 Å². The van der Waals surface area contributed by atoms with E-state index in [1.807, 2.05) is 0 Å². The standard InChI is InChI=1S/C12H10F3NO/c1-7-6-12(14,15)11(16-7)8-3-4-10(17-2)9(13)5-8/h3-5H,1,6H2,2H3. The second-order valence-electron chi connectivity index (χ2n) is 3.76. The lowest BCUT2D eigenvalue weighted by Gasteiger charge is -2.12. The molecule has 0 atom stereocenters. The highest BCUT2D eigenvalue weighted by Crippen LogP contribution is 2.35. The fourth-order valence-electron chi connectivity index (χ4n) is 1.71. The molecule has 1 heterocycles. The van der Waals surface area contributed by atoms with Gasteiger partial charge in [0.05, 0.1) is 13.5 Å². The number of allylic oxidation sites excluding steroid dienone is 1. The Morgan fingerprint density at radius 2 is 2.12 bits per heavy atom. The van der Waals surface area contributed by atoms with E-state index in [4.69, 9.17) is 4.74 Å². The minimum Gasteiger partial charge on any atom is -0.494 e. The van der Waals surface area contributed by atoms with E-state index in [0.717, 1.165) is 6.07 Å². The van der Waals surface area contributed by atoms with Gasteiger partial charge in [-0.25, -0.2) is 4.39 Å². The van der Waals surface area contributed by atoms with Gasteiger partial charge in [0.15, 0.2) is 11.6 Å². The van der Waals surface area contributed by atoms with Crippen LogP contribution in [0, 0.1) is 5.82 Å². The van der Waals surface area contributed by atoms with Gasteiger partial charge in [-0.15, -0.1) is 0 Å². The second kappa shape index (κ2) is 3.91. The van der Waals surface area contributed by atoms with Crippen molar-refractivity contribution in [1.82, 2.24) is 0 Å². The maximum Gasteiger partial charge on any atom is 0.295 e. The van der Waals surface area contributed by atoms with E-state index in [1.54, 1.807) is 0 Å². The summed E-state index contributed by atoms with van der Waals surface area (Å²) >= 11 is 0. The molecule has 1 aromatic carbocycles. The van der Waals surface area contributed by atoms with E-state index in [0.29, 0.717) is 0 Å². The monoisotopic (exact) mass is 241 g/mol. The molecule has 0 saturated carbocycles. The van der Waals surface area contributed by atoms with Gasteiger partial charge in [0.25, 0.3) is 5.92 Å². The Labute approximate surface area is 96.4 Å². The summed E-state index contributed by atoms with van der Waals surface area (Å²) < 4.78 is 45.1. The average Bonchev–Trinajstić information content (AvgIpc) is 2.51. The molecule has 0 aliphatic carbocycles. The number of nitrogens with zero attached hydrogens (tertiary/aromatic N) is 1.